The number of nitro groups is 1. The molecule has 2 aliphatic rings. The first kappa shape index (κ1) is 16.2. The highest BCUT2D eigenvalue weighted by Crippen LogP contribution is 2.33. The molecular formula is C16H19N3O5. The maximum absolute atomic E-state index is 12.6. The summed E-state index contributed by atoms with van der Waals surface area (Å²) in [5.41, 5.74) is 0.580. The van der Waals surface area contributed by atoms with Gasteiger partial charge in [0.2, 0.25) is 0 Å². The Morgan fingerprint density at radius 1 is 1.29 bits per heavy atom. The monoisotopic (exact) mass is 333 g/mol. The highest BCUT2D eigenvalue weighted by molar-refractivity contribution is 5.97. The zero-order valence-corrected chi connectivity index (χ0v) is 13.2. The molecule has 0 atom stereocenters. The molecule has 8 heteroatoms. The summed E-state index contributed by atoms with van der Waals surface area (Å²) in [6, 6.07) is 4.35. The third-order valence-electron chi connectivity index (χ3n) is 4.42. The highest BCUT2D eigenvalue weighted by Gasteiger charge is 2.35. The maximum atomic E-state index is 12.6. The Morgan fingerprint density at radius 3 is 2.50 bits per heavy atom. The van der Waals surface area contributed by atoms with Crippen LogP contribution in [0, 0.1) is 10.1 Å². The van der Waals surface area contributed by atoms with E-state index in [2.05, 4.69) is 0 Å². The fourth-order valence-electron chi connectivity index (χ4n) is 3.09. The summed E-state index contributed by atoms with van der Waals surface area (Å²) in [6.45, 7) is 1.15. The summed E-state index contributed by atoms with van der Waals surface area (Å²) >= 11 is 0. The standard InChI is InChI=1S/C16H19N3O5/c20-15(21)10-18(12-4-5-12)16(22)11-3-6-13(14(9-11)19(23)24)17-7-1-2-8-17/h3,6,9,12H,1-2,4-5,7-8,10H2,(H,20,21). The molecule has 1 heterocycles. The van der Waals surface area contributed by atoms with Crippen molar-refractivity contribution in [3.8, 4) is 0 Å². The second-order valence-corrected chi connectivity index (χ2v) is 6.21. The summed E-state index contributed by atoms with van der Waals surface area (Å²) in [6.07, 6.45) is 3.53. The van der Waals surface area contributed by atoms with Gasteiger partial charge in [0.1, 0.15) is 12.2 Å². The molecule has 8 nitrogen and oxygen atoms in total. The van der Waals surface area contributed by atoms with E-state index in [1.807, 2.05) is 4.90 Å². The lowest BCUT2D eigenvalue weighted by atomic mass is 10.1. The summed E-state index contributed by atoms with van der Waals surface area (Å²) in [7, 11) is 0. The molecule has 1 saturated heterocycles. The molecule has 0 aromatic heterocycles. The molecule has 1 aliphatic heterocycles. The molecule has 0 spiro atoms. The third kappa shape index (κ3) is 3.32. The van der Waals surface area contributed by atoms with Gasteiger partial charge in [0.05, 0.1) is 4.92 Å². The van der Waals surface area contributed by atoms with Gasteiger partial charge in [-0.1, -0.05) is 0 Å². The van der Waals surface area contributed by atoms with Gasteiger partial charge in [-0.2, -0.15) is 0 Å². The number of benzene rings is 1. The lowest BCUT2D eigenvalue weighted by Gasteiger charge is -2.21. The summed E-state index contributed by atoms with van der Waals surface area (Å²) in [4.78, 5) is 37.7. The first-order valence-corrected chi connectivity index (χ1v) is 8.03. The number of hydrogen-bond acceptors (Lipinski definition) is 5. The zero-order valence-electron chi connectivity index (χ0n) is 13.2. The van der Waals surface area contributed by atoms with Crippen molar-refractivity contribution in [1.29, 1.82) is 0 Å². The first-order chi connectivity index (χ1) is 11.5. The molecule has 1 amide bonds. The van der Waals surface area contributed by atoms with Gasteiger partial charge in [0, 0.05) is 30.8 Å². The summed E-state index contributed by atoms with van der Waals surface area (Å²) < 4.78 is 0. The van der Waals surface area contributed by atoms with Gasteiger partial charge in [0.25, 0.3) is 11.6 Å². The van der Waals surface area contributed by atoms with Gasteiger partial charge in [-0.15, -0.1) is 0 Å². The lowest BCUT2D eigenvalue weighted by molar-refractivity contribution is -0.384. The Kier molecular flexibility index (Phi) is 4.37. The third-order valence-corrected chi connectivity index (χ3v) is 4.42. The molecule has 1 aliphatic carbocycles. The van der Waals surface area contributed by atoms with Crippen molar-refractivity contribution in [3.63, 3.8) is 0 Å². The number of hydrogen-bond donors (Lipinski definition) is 1. The van der Waals surface area contributed by atoms with E-state index in [1.54, 1.807) is 12.1 Å². The second-order valence-electron chi connectivity index (χ2n) is 6.21. The molecule has 0 radical (unpaired) electrons. The topological polar surface area (TPSA) is 104 Å². The van der Waals surface area contributed by atoms with E-state index in [4.69, 9.17) is 5.11 Å². The predicted molar refractivity (Wildman–Crippen MR) is 86.2 cm³/mol. The van der Waals surface area contributed by atoms with Crippen LogP contribution in [0.15, 0.2) is 18.2 Å². The number of rotatable bonds is 6. The van der Waals surface area contributed by atoms with Crippen molar-refractivity contribution in [3.05, 3.63) is 33.9 Å². The van der Waals surface area contributed by atoms with Crippen molar-refractivity contribution >= 4 is 23.3 Å². The first-order valence-electron chi connectivity index (χ1n) is 8.03. The van der Waals surface area contributed by atoms with E-state index >= 15 is 0 Å². The van der Waals surface area contributed by atoms with Crippen LogP contribution in [0.3, 0.4) is 0 Å². The van der Waals surface area contributed by atoms with E-state index in [-0.39, 0.29) is 23.8 Å². The number of amides is 1. The number of nitrogens with zero attached hydrogens (tertiary/aromatic N) is 3. The van der Waals surface area contributed by atoms with Gasteiger partial charge in [-0.3, -0.25) is 19.7 Å². The Labute approximate surface area is 138 Å². The molecule has 24 heavy (non-hydrogen) atoms. The fraction of sp³-hybridized carbons (Fsp3) is 0.500. The molecule has 1 aromatic carbocycles. The summed E-state index contributed by atoms with van der Waals surface area (Å²) in [5, 5.41) is 20.4. The predicted octanol–water partition coefficient (Wildman–Crippen LogP) is 1.88. The van der Waals surface area contributed by atoms with Crippen LogP contribution in [0.5, 0.6) is 0 Å². The molecule has 1 N–H and O–H groups in total. The molecule has 0 bridgehead atoms. The SMILES string of the molecule is O=C(O)CN(C(=O)c1ccc(N2CCCC2)c([N+](=O)[O-])c1)C1CC1. The minimum Gasteiger partial charge on any atom is -0.480 e. The number of anilines is 1. The smallest absolute Gasteiger partial charge is 0.323 e. The Morgan fingerprint density at radius 2 is 1.96 bits per heavy atom. The maximum Gasteiger partial charge on any atom is 0.323 e. The average Bonchev–Trinajstić information content (AvgIpc) is 3.25. The van der Waals surface area contributed by atoms with Gasteiger partial charge in [-0.05, 0) is 37.8 Å². The van der Waals surface area contributed by atoms with Crippen molar-refractivity contribution in [1.82, 2.24) is 4.90 Å². The van der Waals surface area contributed by atoms with Gasteiger partial charge in [0.15, 0.2) is 0 Å². The molecule has 1 aromatic rings. The number of aliphatic carboxylic acids is 1. The Balaban J connectivity index is 1.89. The van der Waals surface area contributed by atoms with E-state index in [9.17, 15) is 19.7 Å². The molecule has 1 saturated carbocycles. The number of carboxylic acid groups (broad SMARTS) is 1. The minimum absolute atomic E-state index is 0.0779. The molecule has 3 rings (SSSR count). The Hall–Kier alpha value is -2.64. The number of nitro benzene ring substituents is 1. The molecule has 2 fully saturated rings. The number of carbonyl (C=O) groups excluding carboxylic acids is 1. The minimum atomic E-state index is -1.08. The van der Waals surface area contributed by atoms with Crippen molar-refractivity contribution in [2.24, 2.45) is 0 Å². The lowest BCUT2D eigenvalue weighted by Crippen LogP contribution is -2.37. The molecule has 128 valence electrons. The van der Waals surface area contributed by atoms with Gasteiger partial charge >= 0.3 is 5.97 Å². The van der Waals surface area contributed by atoms with Crippen LogP contribution in [0.25, 0.3) is 0 Å². The van der Waals surface area contributed by atoms with Crippen LogP contribution >= 0.6 is 0 Å². The normalized spacial score (nSPS) is 16.9. The average molecular weight is 333 g/mol. The zero-order chi connectivity index (χ0) is 17.3. The van der Waals surface area contributed by atoms with Crippen LogP contribution < -0.4 is 4.90 Å². The van der Waals surface area contributed by atoms with E-state index in [1.165, 1.54) is 11.0 Å². The van der Waals surface area contributed by atoms with E-state index in [0.29, 0.717) is 5.69 Å². The highest BCUT2D eigenvalue weighted by atomic mass is 16.6. The fourth-order valence-corrected chi connectivity index (χ4v) is 3.09. The number of carboxylic acids is 1. The van der Waals surface area contributed by atoms with Crippen molar-refractivity contribution in [2.45, 2.75) is 31.7 Å². The number of carbonyl (C=O) groups is 2. The van der Waals surface area contributed by atoms with Crippen LogP contribution in [0.1, 0.15) is 36.0 Å². The summed E-state index contributed by atoms with van der Waals surface area (Å²) in [5.74, 6) is -1.55. The van der Waals surface area contributed by atoms with Crippen LogP contribution in [0.4, 0.5) is 11.4 Å². The quantitative estimate of drug-likeness (QED) is 0.629. The second kappa shape index (κ2) is 6.46. The molecule has 0 unspecified atom stereocenters. The van der Waals surface area contributed by atoms with Crippen molar-refractivity contribution < 1.29 is 19.6 Å². The van der Waals surface area contributed by atoms with E-state index in [0.717, 1.165) is 38.8 Å². The van der Waals surface area contributed by atoms with E-state index < -0.39 is 16.8 Å². The molecular weight excluding hydrogens is 314 g/mol. The van der Waals surface area contributed by atoms with Gasteiger partial charge in [-0.25, -0.2) is 0 Å². The van der Waals surface area contributed by atoms with Gasteiger partial charge < -0.3 is 14.9 Å². The largest absolute Gasteiger partial charge is 0.480 e. The van der Waals surface area contributed by atoms with Crippen LogP contribution in [-0.4, -0.2) is 52.5 Å². The van der Waals surface area contributed by atoms with Crippen LogP contribution in [0.2, 0.25) is 0 Å². The Bertz CT molecular complexity index is 680. The van der Waals surface area contributed by atoms with Crippen LogP contribution in [-0.2, 0) is 4.79 Å². The van der Waals surface area contributed by atoms with Crippen molar-refractivity contribution in [2.75, 3.05) is 24.5 Å².